The summed E-state index contributed by atoms with van der Waals surface area (Å²) in [5, 5.41) is -0.808. The lowest BCUT2D eigenvalue weighted by molar-refractivity contribution is -0.137. The molecule has 0 nitrogen and oxygen atoms in total. The van der Waals surface area contributed by atoms with E-state index in [1.54, 1.807) is 0 Å². The Kier molecular flexibility index (Phi) is 3.24. The molecule has 0 amide bonds. The zero-order valence-corrected chi connectivity index (χ0v) is 9.11. The molecule has 0 aliphatic heterocycles. The van der Waals surface area contributed by atoms with Gasteiger partial charge in [-0.15, -0.1) is 0 Å². The van der Waals surface area contributed by atoms with Crippen molar-refractivity contribution in [1.29, 1.82) is 0 Å². The van der Waals surface area contributed by atoms with E-state index in [0.717, 1.165) is 6.07 Å². The van der Waals surface area contributed by atoms with Crippen molar-refractivity contribution in [3.8, 4) is 0 Å². The van der Waals surface area contributed by atoms with Crippen LogP contribution in [-0.2, 0) is 6.18 Å². The average Bonchev–Trinajstić information content (AvgIpc) is 1.97. The maximum atomic E-state index is 12.4. The molecule has 6 heteroatoms. The van der Waals surface area contributed by atoms with Gasteiger partial charge >= 0.3 is 6.18 Å². The maximum absolute atomic E-state index is 12.4. The summed E-state index contributed by atoms with van der Waals surface area (Å²) in [5.74, 6) is 0. The number of hydrogen-bond acceptors (Lipinski definition) is 0. The highest BCUT2D eigenvalue weighted by Gasteiger charge is 2.36. The van der Waals surface area contributed by atoms with Gasteiger partial charge in [0.25, 0.3) is 0 Å². The summed E-state index contributed by atoms with van der Waals surface area (Å²) in [4.78, 5) is 0. The van der Waals surface area contributed by atoms with Gasteiger partial charge in [-0.2, -0.15) is 13.2 Å². The van der Waals surface area contributed by atoms with Gasteiger partial charge in [0.15, 0.2) is 0 Å². The van der Waals surface area contributed by atoms with Crippen molar-refractivity contribution >= 4 is 34.8 Å². The van der Waals surface area contributed by atoms with Gasteiger partial charge < -0.3 is 0 Å². The Hall–Kier alpha value is -0.120. The zero-order chi connectivity index (χ0) is 11.1. The summed E-state index contributed by atoms with van der Waals surface area (Å²) >= 11 is 16.5. The third-order valence-corrected chi connectivity index (χ3v) is 2.91. The van der Waals surface area contributed by atoms with E-state index >= 15 is 0 Å². The van der Waals surface area contributed by atoms with E-state index in [2.05, 4.69) is 0 Å². The highest BCUT2D eigenvalue weighted by atomic mass is 35.5. The monoisotopic (exact) mass is 262 g/mol. The smallest absolute Gasteiger partial charge is 0.166 e. The summed E-state index contributed by atoms with van der Waals surface area (Å²) in [6.45, 7) is 1.27. The SMILES string of the molecule is Cc1cc(Cl)c(Cl)c(Cl)c1C(F)(F)F. The van der Waals surface area contributed by atoms with E-state index in [-0.39, 0.29) is 15.6 Å². The number of aryl methyl sites for hydroxylation is 1. The first-order valence-electron chi connectivity index (χ1n) is 3.46. The summed E-state index contributed by atoms with van der Waals surface area (Å²) in [6, 6.07) is 1.14. The summed E-state index contributed by atoms with van der Waals surface area (Å²) in [7, 11) is 0. The fourth-order valence-electron chi connectivity index (χ4n) is 1.06. The van der Waals surface area contributed by atoms with E-state index < -0.39 is 16.8 Å². The number of hydrogen-bond donors (Lipinski definition) is 0. The summed E-state index contributed by atoms with van der Waals surface area (Å²) in [6.07, 6.45) is -4.52. The first kappa shape index (κ1) is 12.0. The van der Waals surface area contributed by atoms with Gasteiger partial charge in [0.1, 0.15) is 0 Å². The zero-order valence-electron chi connectivity index (χ0n) is 6.85. The van der Waals surface area contributed by atoms with E-state index in [4.69, 9.17) is 34.8 Å². The van der Waals surface area contributed by atoms with Crippen molar-refractivity contribution in [3.63, 3.8) is 0 Å². The van der Waals surface area contributed by atoms with Crippen LogP contribution in [0, 0.1) is 6.92 Å². The second kappa shape index (κ2) is 3.80. The summed E-state index contributed by atoms with van der Waals surface area (Å²) in [5.41, 5.74) is -0.981. The van der Waals surface area contributed by atoms with Crippen LogP contribution in [0.2, 0.25) is 15.1 Å². The molecule has 1 aromatic carbocycles. The molecule has 0 atom stereocenters. The second-order valence-corrected chi connectivity index (χ2v) is 3.84. The lowest BCUT2D eigenvalue weighted by Crippen LogP contribution is -2.08. The van der Waals surface area contributed by atoms with Gasteiger partial charge in [-0.25, -0.2) is 0 Å². The molecular weight excluding hydrogens is 259 g/mol. The molecule has 0 aliphatic carbocycles. The normalized spacial score (nSPS) is 11.9. The predicted molar refractivity (Wildman–Crippen MR) is 51.2 cm³/mol. The molecule has 0 bridgehead atoms. The lowest BCUT2D eigenvalue weighted by atomic mass is 10.1. The van der Waals surface area contributed by atoms with E-state index in [1.165, 1.54) is 6.92 Å². The molecule has 0 unspecified atom stereocenters. The molecule has 0 radical (unpaired) electrons. The van der Waals surface area contributed by atoms with Crippen LogP contribution >= 0.6 is 34.8 Å². The van der Waals surface area contributed by atoms with Gasteiger partial charge in [-0.3, -0.25) is 0 Å². The third-order valence-electron chi connectivity index (χ3n) is 1.64. The van der Waals surface area contributed by atoms with Crippen LogP contribution in [0.3, 0.4) is 0 Å². The van der Waals surface area contributed by atoms with Crippen molar-refractivity contribution in [2.24, 2.45) is 0 Å². The fourth-order valence-corrected chi connectivity index (χ4v) is 1.87. The molecule has 0 spiro atoms. The van der Waals surface area contributed by atoms with Crippen LogP contribution < -0.4 is 0 Å². The molecule has 0 saturated heterocycles. The molecular formula is C8H4Cl3F3. The molecule has 1 rings (SSSR count). The molecule has 0 aromatic heterocycles. The maximum Gasteiger partial charge on any atom is 0.418 e. The molecule has 0 saturated carbocycles. The van der Waals surface area contributed by atoms with Crippen LogP contribution in [0.15, 0.2) is 6.07 Å². The third kappa shape index (κ3) is 2.10. The van der Waals surface area contributed by atoms with Crippen molar-refractivity contribution in [3.05, 3.63) is 32.3 Å². The Morgan fingerprint density at radius 2 is 1.57 bits per heavy atom. The van der Waals surface area contributed by atoms with Crippen LogP contribution in [0.4, 0.5) is 13.2 Å². The van der Waals surface area contributed by atoms with Crippen molar-refractivity contribution in [1.82, 2.24) is 0 Å². The number of benzene rings is 1. The van der Waals surface area contributed by atoms with E-state index in [0.29, 0.717) is 0 Å². The average molecular weight is 263 g/mol. The molecule has 0 fully saturated rings. The van der Waals surface area contributed by atoms with Gasteiger partial charge in [-0.05, 0) is 18.6 Å². The first-order chi connectivity index (χ1) is 6.25. The largest absolute Gasteiger partial charge is 0.418 e. The van der Waals surface area contributed by atoms with Crippen LogP contribution in [0.25, 0.3) is 0 Å². The summed E-state index contributed by atoms with van der Waals surface area (Å²) < 4.78 is 37.3. The standard InChI is InChI=1S/C8H4Cl3F3/c1-3-2-4(9)6(10)7(11)5(3)8(12,13)14/h2H,1H3. The number of rotatable bonds is 0. The van der Waals surface area contributed by atoms with Gasteiger partial charge in [-0.1, -0.05) is 34.8 Å². The van der Waals surface area contributed by atoms with Crippen molar-refractivity contribution < 1.29 is 13.2 Å². The molecule has 0 N–H and O–H groups in total. The minimum Gasteiger partial charge on any atom is -0.166 e. The Morgan fingerprint density at radius 1 is 1.07 bits per heavy atom. The lowest BCUT2D eigenvalue weighted by Gasteiger charge is -2.13. The Labute approximate surface area is 93.6 Å². The number of alkyl halides is 3. The minimum absolute atomic E-state index is 0.0159. The fraction of sp³-hybridized carbons (Fsp3) is 0.250. The van der Waals surface area contributed by atoms with Crippen LogP contribution in [-0.4, -0.2) is 0 Å². The van der Waals surface area contributed by atoms with Crippen LogP contribution in [0.1, 0.15) is 11.1 Å². The topological polar surface area (TPSA) is 0 Å². The highest BCUT2D eigenvalue weighted by Crippen LogP contribution is 2.43. The highest BCUT2D eigenvalue weighted by molar-refractivity contribution is 6.48. The first-order valence-corrected chi connectivity index (χ1v) is 4.60. The second-order valence-electron chi connectivity index (χ2n) is 2.68. The van der Waals surface area contributed by atoms with E-state index in [9.17, 15) is 13.2 Å². The Bertz CT molecular complexity index is 371. The van der Waals surface area contributed by atoms with E-state index in [1.807, 2.05) is 0 Å². The predicted octanol–water partition coefficient (Wildman–Crippen LogP) is 4.97. The van der Waals surface area contributed by atoms with Gasteiger partial charge in [0.05, 0.1) is 20.6 Å². The molecule has 0 aliphatic rings. The van der Waals surface area contributed by atoms with Crippen molar-refractivity contribution in [2.45, 2.75) is 13.1 Å². The van der Waals surface area contributed by atoms with Crippen LogP contribution in [0.5, 0.6) is 0 Å². The molecule has 14 heavy (non-hydrogen) atoms. The van der Waals surface area contributed by atoms with Gasteiger partial charge in [0, 0.05) is 0 Å². The Balaban J connectivity index is 3.53. The number of halogens is 6. The quantitative estimate of drug-likeness (QED) is 0.579. The molecule has 1 aromatic rings. The molecule has 0 heterocycles. The van der Waals surface area contributed by atoms with Gasteiger partial charge in [0.2, 0.25) is 0 Å². The Morgan fingerprint density at radius 3 is 2.00 bits per heavy atom. The van der Waals surface area contributed by atoms with Crippen molar-refractivity contribution in [2.75, 3.05) is 0 Å². The minimum atomic E-state index is -4.52. The molecule has 78 valence electrons.